The average Bonchev–Trinajstić information content (AvgIpc) is 2.99. The molecule has 0 aliphatic heterocycles. The van der Waals surface area contributed by atoms with Crippen LogP contribution in [0.15, 0.2) is 42.5 Å². The standard InChI is InChI=1S/C21H16Cl3FN2O3/c1-11-7-15(12(2)27(11)14-5-3-13(25)4-6-14)21(29)30-10-20(28)26-19-9-17(23)16(22)8-18(19)24/h3-9H,10H2,1-2H3,(H,26,28). The van der Waals surface area contributed by atoms with Gasteiger partial charge in [0.15, 0.2) is 6.61 Å². The molecule has 5 nitrogen and oxygen atoms in total. The lowest BCUT2D eigenvalue weighted by atomic mass is 10.2. The first-order chi connectivity index (χ1) is 14.2. The molecule has 9 heteroatoms. The molecule has 0 unspecified atom stereocenters. The van der Waals surface area contributed by atoms with Crippen molar-refractivity contribution in [1.29, 1.82) is 0 Å². The summed E-state index contributed by atoms with van der Waals surface area (Å²) in [6.07, 6.45) is 0. The molecular formula is C21H16Cl3FN2O3. The Bertz CT molecular complexity index is 1130. The molecule has 1 heterocycles. The molecule has 1 amide bonds. The number of aromatic nitrogens is 1. The fraction of sp³-hybridized carbons (Fsp3) is 0.143. The lowest BCUT2D eigenvalue weighted by Gasteiger charge is -2.11. The topological polar surface area (TPSA) is 60.3 Å². The third-order valence-corrected chi connectivity index (χ3v) is 5.39. The summed E-state index contributed by atoms with van der Waals surface area (Å²) in [5.41, 5.74) is 2.63. The Hall–Kier alpha value is -2.54. The minimum absolute atomic E-state index is 0.201. The van der Waals surface area contributed by atoms with Crippen LogP contribution in [0.4, 0.5) is 10.1 Å². The third kappa shape index (κ3) is 4.78. The molecule has 0 radical (unpaired) electrons. The number of benzene rings is 2. The number of amides is 1. The van der Waals surface area contributed by atoms with Gasteiger partial charge in [0.1, 0.15) is 5.82 Å². The third-order valence-electron chi connectivity index (χ3n) is 4.35. The number of rotatable bonds is 5. The van der Waals surface area contributed by atoms with E-state index in [0.29, 0.717) is 16.9 Å². The van der Waals surface area contributed by atoms with Crippen molar-refractivity contribution in [3.05, 3.63) is 80.3 Å². The molecule has 0 bridgehead atoms. The molecule has 1 N–H and O–H groups in total. The highest BCUT2D eigenvalue weighted by Gasteiger charge is 2.19. The molecule has 0 aliphatic carbocycles. The molecule has 2 aromatic carbocycles. The molecule has 3 aromatic rings. The van der Waals surface area contributed by atoms with Crippen molar-refractivity contribution in [2.24, 2.45) is 0 Å². The average molecular weight is 470 g/mol. The van der Waals surface area contributed by atoms with Crippen LogP contribution in [0.1, 0.15) is 21.7 Å². The maximum Gasteiger partial charge on any atom is 0.340 e. The van der Waals surface area contributed by atoms with Gasteiger partial charge < -0.3 is 14.6 Å². The van der Waals surface area contributed by atoms with Crippen molar-refractivity contribution in [2.75, 3.05) is 11.9 Å². The first kappa shape index (κ1) is 22.2. The van der Waals surface area contributed by atoms with E-state index in [4.69, 9.17) is 39.5 Å². The molecule has 3 rings (SSSR count). The predicted molar refractivity (Wildman–Crippen MR) is 116 cm³/mol. The van der Waals surface area contributed by atoms with E-state index in [2.05, 4.69) is 5.32 Å². The first-order valence-electron chi connectivity index (χ1n) is 8.73. The van der Waals surface area contributed by atoms with Crippen LogP contribution in [0.25, 0.3) is 5.69 Å². The SMILES string of the molecule is Cc1cc(C(=O)OCC(=O)Nc2cc(Cl)c(Cl)cc2Cl)c(C)n1-c1ccc(F)cc1. The Labute approximate surface area is 187 Å². The Balaban J connectivity index is 1.69. The molecule has 0 saturated carbocycles. The second-order valence-electron chi connectivity index (χ2n) is 6.47. The van der Waals surface area contributed by atoms with Gasteiger partial charge in [-0.3, -0.25) is 4.79 Å². The van der Waals surface area contributed by atoms with Crippen molar-refractivity contribution in [3.8, 4) is 5.69 Å². The van der Waals surface area contributed by atoms with E-state index in [0.717, 1.165) is 5.69 Å². The van der Waals surface area contributed by atoms with Gasteiger partial charge in [0.05, 0.1) is 26.3 Å². The van der Waals surface area contributed by atoms with Crippen molar-refractivity contribution in [2.45, 2.75) is 13.8 Å². The Morgan fingerprint density at radius 2 is 1.63 bits per heavy atom. The smallest absolute Gasteiger partial charge is 0.340 e. The Morgan fingerprint density at radius 3 is 2.30 bits per heavy atom. The van der Waals surface area contributed by atoms with Gasteiger partial charge in [0.25, 0.3) is 5.91 Å². The molecule has 30 heavy (non-hydrogen) atoms. The van der Waals surface area contributed by atoms with Crippen LogP contribution in [0, 0.1) is 19.7 Å². The van der Waals surface area contributed by atoms with Crippen LogP contribution in [-0.2, 0) is 9.53 Å². The van der Waals surface area contributed by atoms with Crippen LogP contribution >= 0.6 is 34.8 Å². The largest absolute Gasteiger partial charge is 0.452 e. The number of ether oxygens (including phenoxy) is 1. The number of hydrogen-bond donors (Lipinski definition) is 1. The Morgan fingerprint density at radius 1 is 1.00 bits per heavy atom. The van der Waals surface area contributed by atoms with E-state index in [1.807, 2.05) is 6.92 Å². The van der Waals surface area contributed by atoms with E-state index in [-0.39, 0.29) is 26.6 Å². The summed E-state index contributed by atoms with van der Waals surface area (Å²) in [4.78, 5) is 24.6. The minimum Gasteiger partial charge on any atom is -0.452 e. The minimum atomic E-state index is -0.660. The van der Waals surface area contributed by atoms with E-state index in [1.54, 1.807) is 29.7 Å². The van der Waals surface area contributed by atoms with Gasteiger partial charge in [-0.2, -0.15) is 0 Å². The predicted octanol–water partition coefficient (Wildman–Crippen LogP) is 5.99. The highest BCUT2D eigenvalue weighted by atomic mass is 35.5. The maximum atomic E-state index is 13.2. The van der Waals surface area contributed by atoms with Crippen LogP contribution < -0.4 is 5.32 Å². The zero-order valence-electron chi connectivity index (χ0n) is 15.9. The highest BCUT2D eigenvalue weighted by molar-refractivity contribution is 6.44. The summed E-state index contributed by atoms with van der Waals surface area (Å²) in [5.74, 6) is -1.60. The summed E-state index contributed by atoms with van der Waals surface area (Å²) >= 11 is 17.8. The Kier molecular flexibility index (Phi) is 6.71. The highest BCUT2D eigenvalue weighted by Crippen LogP contribution is 2.32. The fourth-order valence-corrected chi connectivity index (χ4v) is 3.56. The number of nitrogens with zero attached hydrogens (tertiary/aromatic N) is 1. The van der Waals surface area contributed by atoms with Crippen LogP contribution in [0.2, 0.25) is 15.1 Å². The van der Waals surface area contributed by atoms with E-state index < -0.39 is 18.5 Å². The maximum absolute atomic E-state index is 13.2. The summed E-state index contributed by atoms with van der Waals surface area (Å²) in [6, 6.07) is 10.3. The van der Waals surface area contributed by atoms with E-state index >= 15 is 0 Å². The molecule has 0 aliphatic rings. The quantitative estimate of drug-likeness (QED) is 0.369. The normalized spacial score (nSPS) is 10.7. The van der Waals surface area contributed by atoms with Gasteiger partial charge in [-0.1, -0.05) is 34.8 Å². The van der Waals surface area contributed by atoms with Gasteiger partial charge in [-0.25, -0.2) is 9.18 Å². The van der Waals surface area contributed by atoms with E-state index in [1.165, 1.54) is 24.3 Å². The number of esters is 1. The fourth-order valence-electron chi connectivity index (χ4n) is 2.97. The summed E-state index contributed by atoms with van der Waals surface area (Å²) < 4.78 is 20.1. The second kappa shape index (κ2) is 9.08. The molecule has 156 valence electrons. The van der Waals surface area contributed by atoms with Crippen molar-refractivity contribution in [3.63, 3.8) is 0 Å². The molecule has 0 saturated heterocycles. The molecular weight excluding hydrogens is 454 g/mol. The lowest BCUT2D eigenvalue weighted by molar-refractivity contribution is -0.119. The molecule has 0 spiro atoms. The van der Waals surface area contributed by atoms with Crippen molar-refractivity contribution < 1.29 is 18.7 Å². The number of halogens is 4. The molecule has 1 aromatic heterocycles. The van der Waals surface area contributed by atoms with Gasteiger partial charge in [-0.15, -0.1) is 0 Å². The van der Waals surface area contributed by atoms with Gasteiger partial charge >= 0.3 is 5.97 Å². The van der Waals surface area contributed by atoms with Crippen LogP contribution in [0.5, 0.6) is 0 Å². The second-order valence-corrected chi connectivity index (χ2v) is 7.69. The zero-order chi connectivity index (χ0) is 22.0. The van der Waals surface area contributed by atoms with Gasteiger partial charge in [0.2, 0.25) is 0 Å². The zero-order valence-corrected chi connectivity index (χ0v) is 18.2. The number of aryl methyl sites for hydroxylation is 1. The van der Waals surface area contributed by atoms with Gasteiger partial charge in [-0.05, 0) is 56.3 Å². The molecule has 0 fully saturated rings. The number of anilines is 1. The summed E-state index contributed by atoms with van der Waals surface area (Å²) in [6.45, 7) is 3.03. The number of carbonyl (C=O) groups is 2. The van der Waals surface area contributed by atoms with Crippen LogP contribution in [-0.4, -0.2) is 23.1 Å². The number of carbonyl (C=O) groups excluding carboxylic acids is 2. The van der Waals surface area contributed by atoms with Crippen molar-refractivity contribution >= 4 is 52.4 Å². The summed E-state index contributed by atoms with van der Waals surface area (Å²) in [5, 5.41) is 3.19. The number of hydrogen-bond acceptors (Lipinski definition) is 3. The molecule has 0 atom stereocenters. The monoisotopic (exact) mass is 468 g/mol. The van der Waals surface area contributed by atoms with E-state index in [9.17, 15) is 14.0 Å². The first-order valence-corrected chi connectivity index (χ1v) is 9.87. The summed E-state index contributed by atoms with van der Waals surface area (Å²) in [7, 11) is 0. The van der Waals surface area contributed by atoms with Gasteiger partial charge in [0, 0.05) is 17.1 Å². The van der Waals surface area contributed by atoms with Crippen LogP contribution in [0.3, 0.4) is 0 Å². The number of nitrogens with one attached hydrogen (secondary N) is 1. The lowest BCUT2D eigenvalue weighted by Crippen LogP contribution is -2.21. The van der Waals surface area contributed by atoms with Crippen molar-refractivity contribution in [1.82, 2.24) is 4.57 Å².